The van der Waals surface area contributed by atoms with Crippen molar-refractivity contribution in [2.45, 2.75) is 57.4 Å². The van der Waals surface area contributed by atoms with Gasteiger partial charge in [-0.05, 0) is 19.8 Å². The molecule has 0 N–H and O–H groups in total. The first-order valence-corrected chi connectivity index (χ1v) is 9.24. The maximum atomic E-state index is 12.9. The van der Waals surface area contributed by atoms with Crippen LogP contribution in [0, 0.1) is 6.92 Å². The molecule has 0 bridgehead atoms. The van der Waals surface area contributed by atoms with Crippen molar-refractivity contribution in [3.8, 4) is 0 Å². The summed E-state index contributed by atoms with van der Waals surface area (Å²) < 4.78 is 16.4. The maximum Gasteiger partial charge on any atom is 0.252 e. The molecule has 0 aromatic carbocycles. The predicted molar refractivity (Wildman–Crippen MR) is 87.8 cm³/mol. The molecular formula is C17H26N4O4. The van der Waals surface area contributed by atoms with Crippen LogP contribution in [-0.4, -0.2) is 76.9 Å². The van der Waals surface area contributed by atoms with Crippen LogP contribution in [0.1, 0.15) is 37.4 Å². The average Bonchev–Trinajstić information content (AvgIpc) is 3.25. The molecule has 2 aliphatic heterocycles. The first-order valence-electron chi connectivity index (χ1n) is 9.24. The molecular weight excluding hydrogens is 324 g/mol. The number of carbonyl (C=O) groups is 1. The Balaban J connectivity index is 1.26. The van der Waals surface area contributed by atoms with Gasteiger partial charge in [0.25, 0.3) is 5.89 Å². The van der Waals surface area contributed by atoms with E-state index in [2.05, 4.69) is 15.0 Å². The fourth-order valence-corrected chi connectivity index (χ4v) is 4.02. The summed E-state index contributed by atoms with van der Waals surface area (Å²) in [5, 5.41) is 3.74. The molecule has 3 fully saturated rings. The van der Waals surface area contributed by atoms with E-state index in [0.29, 0.717) is 44.1 Å². The van der Waals surface area contributed by atoms with Crippen LogP contribution >= 0.6 is 0 Å². The van der Waals surface area contributed by atoms with Gasteiger partial charge in [0.15, 0.2) is 5.82 Å². The highest BCUT2D eigenvalue weighted by Gasteiger charge is 2.41. The molecule has 1 saturated carbocycles. The second-order valence-electron chi connectivity index (χ2n) is 7.18. The second kappa shape index (κ2) is 7.39. The standard InChI is InChI=1S/C17H26N4O4/c1-12-18-16(25-19-12)11-24-14-8-20(9-14)17(22)15-10-23-7-6-21(15)13-4-2-3-5-13/h13-15H,2-11H2,1H3. The highest BCUT2D eigenvalue weighted by Crippen LogP contribution is 2.28. The Kier molecular flexibility index (Phi) is 5.00. The molecule has 3 aliphatic rings. The van der Waals surface area contributed by atoms with Crippen LogP contribution in [0.2, 0.25) is 0 Å². The Bertz CT molecular complexity index is 595. The average molecular weight is 350 g/mol. The van der Waals surface area contributed by atoms with Gasteiger partial charge in [0.2, 0.25) is 5.91 Å². The smallest absolute Gasteiger partial charge is 0.252 e. The zero-order valence-corrected chi connectivity index (χ0v) is 14.7. The Morgan fingerprint density at radius 2 is 2.12 bits per heavy atom. The molecule has 0 spiro atoms. The van der Waals surface area contributed by atoms with Crippen molar-refractivity contribution in [2.24, 2.45) is 0 Å². The summed E-state index contributed by atoms with van der Waals surface area (Å²) in [4.78, 5) is 21.3. The number of aromatic nitrogens is 2. The Morgan fingerprint density at radius 1 is 1.32 bits per heavy atom. The highest BCUT2D eigenvalue weighted by atomic mass is 16.5. The maximum absolute atomic E-state index is 12.9. The van der Waals surface area contributed by atoms with E-state index in [1.165, 1.54) is 25.7 Å². The largest absolute Gasteiger partial charge is 0.378 e. The van der Waals surface area contributed by atoms with Gasteiger partial charge in [-0.2, -0.15) is 4.98 Å². The lowest BCUT2D eigenvalue weighted by molar-refractivity contribution is -0.159. The van der Waals surface area contributed by atoms with Crippen molar-refractivity contribution in [2.75, 3.05) is 32.8 Å². The number of amides is 1. The van der Waals surface area contributed by atoms with Crippen LogP contribution in [0.4, 0.5) is 0 Å². The molecule has 1 atom stereocenters. The minimum Gasteiger partial charge on any atom is -0.378 e. The fourth-order valence-electron chi connectivity index (χ4n) is 4.02. The van der Waals surface area contributed by atoms with Gasteiger partial charge in [0.05, 0.1) is 19.3 Å². The molecule has 8 nitrogen and oxygen atoms in total. The lowest BCUT2D eigenvalue weighted by Gasteiger charge is -2.45. The van der Waals surface area contributed by atoms with Crippen LogP contribution in [0.15, 0.2) is 4.52 Å². The van der Waals surface area contributed by atoms with E-state index < -0.39 is 0 Å². The van der Waals surface area contributed by atoms with Gasteiger partial charge in [0.1, 0.15) is 12.6 Å². The number of hydrogen-bond acceptors (Lipinski definition) is 7. The molecule has 4 rings (SSSR count). The monoisotopic (exact) mass is 350 g/mol. The van der Waals surface area contributed by atoms with E-state index in [4.69, 9.17) is 14.0 Å². The molecule has 1 aromatic heterocycles. The third kappa shape index (κ3) is 3.70. The van der Waals surface area contributed by atoms with Crippen molar-refractivity contribution in [1.29, 1.82) is 0 Å². The normalized spacial score (nSPS) is 26.1. The van der Waals surface area contributed by atoms with Crippen molar-refractivity contribution < 1.29 is 18.8 Å². The van der Waals surface area contributed by atoms with Gasteiger partial charge in [0, 0.05) is 25.7 Å². The van der Waals surface area contributed by atoms with E-state index in [9.17, 15) is 4.79 Å². The van der Waals surface area contributed by atoms with Crippen LogP contribution in [0.25, 0.3) is 0 Å². The molecule has 1 amide bonds. The van der Waals surface area contributed by atoms with Crippen molar-refractivity contribution in [3.63, 3.8) is 0 Å². The summed E-state index contributed by atoms with van der Waals surface area (Å²) in [6, 6.07) is 0.420. The van der Waals surface area contributed by atoms with E-state index in [1.54, 1.807) is 6.92 Å². The summed E-state index contributed by atoms with van der Waals surface area (Å²) >= 11 is 0. The Hall–Kier alpha value is -1.51. The highest BCUT2D eigenvalue weighted by molar-refractivity contribution is 5.83. The third-order valence-corrected chi connectivity index (χ3v) is 5.42. The predicted octanol–water partition coefficient (Wildman–Crippen LogP) is 0.749. The van der Waals surface area contributed by atoms with E-state index in [0.717, 1.165) is 13.2 Å². The topological polar surface area (TPSA) is 80.9 Å². The van der Waals surface area contributed by atoms with Crippen LogP contribution in [0.3, 0.4) is 0 Å². The van der Waals surface area contributed by atoms with Crippen molar-refractivity contribution >= 4 is 5.91 Å². The number of nitrogens with zero attached hydrogens (tertiary/aromatic N) is 4. The number of hydrogen-bond donors (Lipinski definition) is 0. The van der Waals surface area contributed by atoms with Crippen LogP contribution in [-0.2, 0) is 20.9 Å². The van der Waals surface area contributed by atoms with Crippen LogP contribution in [0.5, 0.6) is 0 Å². The lowest BCUT2D eigenvalue weighted by Crippen LogP contribution is -2.63. The molecule has 8 heteroatoms. The number of aryl methyl sites for hydroxylation is 1. The number of morpholine rings is 1. The van der Waals surface area contributed by atoms with Gasteiger partial charge in [-0.3, -0.25) is 9.69 Å². The van der Waals surface area contributed by atoms with Crippen LogP contribution < -0.4 is 0 Å². The molecule has 2 saturated heterocycles. The van der Waals surface area contributed by atoms with Gasteiger partial charge < -0.3 is 18.9 Å². The SMILES string of the molecule is Cc1noc(COC2CN(C(=O)C3COCCN3C3CCCC3)C2)n1. The lowest BCUT2D eigenvalue weighted by atomic mass is 10.1. The fraction of sp³-hybridized carbons (Fsp3) is 0.824. The molecule has 25 heavy (non-hydrogen) atoms. The molecule has 1 aromatic rings. The van der Waals surface area contributed by atoms with E-state index >= 15 is 0 Å². The Labute approximate surface area is 147 Å². The third-order valence-electron chi connectivity index (χ3n) is 5.42. The zero-order chi connectivity index (χ0) is 17.2. The summed E-state index contributed by atoms with van der Waals surface area (Å²) in [5.74, 6) is 1.27. The number of rotatable bonds is 5. The minimum atomic E-state index is -0.128. The zero-order valence-electron chi connectivity index (χ0n) is 14.7. The number of ether oxygens (including phenoxy) is 2. The number of carbonyl (C=O) groups excluding carboxylic acids is 1. The number of likely N-dealkylation sites (tertiary alicyclic amines) is 1. The molecule has 1 aliphatic carbocycles. The first-order chi connectivity index (χ1) is 12.2. The molecule has 0 radical (unpaired) electrons. The van der Waals surface area contributed by atoms with Gasteiger partial charge >= 0.3 is 0 Å². The van der Waals surface area contributed by atoms with Gasteiger partial charge in [-0.25, -0.2) is 0 Å². The quantitative estimate of drug-likeness (QED) is 0.775. The summed E-state index contributed by atoms with van der Waals surface area (Å²) in [7, 11) is 0. The summed E-state index contributed by atoms with van der Waals surface area (Å²) in [5.41, 5.74) is 0. The Morgan fingerprint density at radius 3 is 2.84 bits per heavy atom. The van der Waals surface area contributed by atoms with Gasteiger partial charge in [-0.1, -0.05) is 18.0 Å². The van der Waals surface area contributed by atoms with Gasteiger partial charge in [-0.15, -0.1) is 0 Å². The molecule has 3 heterocycles. The summed E-state index contributed by atoms with van der Waals surface area (Å²) in [6.45, 7) is 5.44. The molecule has 1 unspecified atom stereocenters. The first kappa shape index (κ1) is 16.9. The molecule has 138 valence electrons. The van der Waals surface area contributed by atoms with Crippen molar-refractivity contribution in [3.05, 3.63) is 11.7 Å². The van der Waals surface area contributed by atoms with E-state index in [-0.39, 0.29) is 18.1 Å². The minimum absolute atomic E-state index is 0.0422. The summed E-state index contributed by atoms with van der Waals surface area (Å²) in [6.07, 6.45) is 5.01. The van der Waals surface area contributed by atoms with Crippen molar-refractivity contribution in [1.82, 2.24) is 19.9 Å². The van der Waals surface area contributed by atoms with E-state index in [1.807, 2.05) is 4.90 Å². The second-order valence-corrected chi connectivity index (χ2v) is 7.18.